The molecule has 0 bridgehead atoms. The molecule has 0 unspecified atom stereocenters. The summed E-state index contributed by atoms with van der Waals surface area (Å²) in [6, 6.07) is 24.8. The van der Waals surface area contributed by atoms with Crippen LogP contribution in [-0.2, 0) is 53.6 Å². The van der Waals surface area contributed by atoms with Crippen molar-refractivity contribution in [2.45, 2.75) is 150 Å². The Balaban J connectivity index is 0.000000156. The van der Waals surface area contributed by atoms with Crippen LogP contribution in [0.1, 0.15) is 113 Å². The maximum Gasteiger partial charge on any atom is 0.494 e. The van der Waals surface area contributed by atoms with E-state index in [1.54, 1.807) is 0 Å². The highest BCUT2D eigenvalue weighted by Gasteiger charge is 2.63. The van der Waals surface area contributed by atoms with Crippen LogP contribution in [0.25, 0.3) is 0 Å². The second kappa shape index (κ2) is 17.5. The second-order valence-electron chi connectivity index (χ2n) is 19.4. The normalized spacial score (nSPS) is 21.5. The summed E-state index contributed by atoms with van der Waals surface area (Å²) in [5.41, 5.74) is 8.76. The van der Waals surface area contributed by atoms with Gasteiger partial charge in [0, 0.05) is 37.3 Å². The standard InChI is InChI=1S/C20H23BClNO2.C14H11BrClN.C12H24B2O4.CH4/c1-19(2)20(3,4)25-21(24-19)15-7-9-17-13(11-15)5-6-14-12-16(22)8-10-18(14)23-17;15-11-3-5-13-9(7-11)1-2-10-8-12(16)4-6-14(10)17-13;1-9(2)10(3,4)16-13(15-9)14-17-11(5,6)12(7,8)18-14;/h7-12,23H,5-6H2,1-4H3;3-8,17H,1-2H2;1-8H3;1H4. The first-order valence-electron chi connectivity index (χ1n) is 20.9. The van der Waals surface area contributed by atoms with Crippen molar-refractivity contribution in [3.63, 3.8) is 0 Å². The second-order valence-corrected chi connectivity index (χ2v) is 21.2. The highest BCUT2D eigenvalue weighted by Crippen LogP contribution is 2.43. The number of halogens is 3. The number of fused-ring (bicyclic) bond motifs is 4. The van der Waals surface area contributed by atoms with Crippen LogP contribution >= 0.6 is 39.1 Å². The lowest BCUT2D eigenvalue weighted by molar-refractivity contribution is 0.00578. The van der Waals surface area contributed by atoms with Gasteiger partial charge < -0.3 is 38.6 Å². The number of benzene rings is 4. The van der Waals surface area contributed by atoms with Crippen molar-refractivity contribution in [3.8, 4) is 0 Å². The Morgan fingerprint density at radius 2 is 0.754 bits per heavy atom. The van der Waals surface area contributed by atoms with Crippen LogP contribution in [0.3, 0.4) is 0 Å². The van der Waals surface area contributed by atoms with Crippen LogP contribution in [0.15, 0.2) is 77.3 Å². The molecule has 5 aliphatic rings. The monoisotopic (exact) mass is 932 g/mol. The molecule has 0 aromatic heterocycles. The third kappa shape index (κ3) is 10.1. The molecule has 2 N–H and O–H groups in total. The van der Waals surface area contributed by atoms with Crippen molar-refractivity contribution in [2.24, 2.45) is 0 Å². The van der Waals surface area contributed by atoms with Crippen LogP contribution in [0.4, 0.5) is 22.7 Å². The number of anilines is 4. The van der Waals surface area contributed by atoms with Gasteiger partial charge in [0.15, 0.2) is 0 Å². The van der Waals surface area contributed by atoms with Gasteiger partial charge in [0.05, 0.1) is 33.6 Å². The highest BCUT2D eigenvalue weighted by atomic mass is 79.9. The van der Waals surface area contributed by atoms with E-state index < -0.39 is 14.0 Å². The van der Waals surface area contributed by atoms with Gasteiger partial charge in [-0.05, 0) is 197 Å². The zero-order valence-corrected chi connectivity index (χ0v) is 40.2. The van der Waals surface area contributed by atoms with Crippen molar-refractivity contribution in [1.29, 1.82) is 0 Å². The minimum absolute atomic E-state index is 0. The summed E-state index contributed by atoms with van der Waals surface area (Å²) in [4.78, 5) is 0. The molecule has 0 aliphatic carbocycles. The molecule has 0 amide bonds. The Hall–Kier alpha value is -2.51. The number of aryl methyl sites for hydroxylation is 4. The maximum atomic E-state index is 6.19. The van der Waals surface area contributed by atoms with Crippen LogP contribution < -0.4 is 16.1 Å². The van der Waals surface area contributed by atoms with E-state index in [1.807, 2.05) is 79.7 Å². The first-order valence-corrected chi connectivity index (χ1v) is 22.5. The van der Waals surface area contributed by atoms with E-state index in [9.17, 15) is 0 Å². The summed E-state index contributed by atoms with van der Waals surface area (Å²) < 4.78 is 37.4. The number of rotatable bonds is 2. The van der Waals surface area contributed by atoms with Crippen molar-refractivity contribution < 1.29 is 27.9 Å². The molecule has 61 heavy (non-hydrogen) atoms. The summed E-state index contributed by atoms with van der Waals surface area (Å²) in [7, 11) is -1.28. The average Bonchev–Trinajstić information content (AvgIpc) is 3.45. The summed E-state index contributed by atoms with van der Waals surface area (Å²) in [6.07, 6.45) is 3.98. The number of nitrogens with one attached hydrogen (secondary N) is 2. The summed E-state index contributed by atoms with van der Waals surface area (Å²) >= 11 is 15.7. The highest BCUT2D eigenvalue weighted by molar-refractivity contribution is 9.10. The Morgan fingerprint density at radius 3 is 1.15 bits per heavy atom. The van der Waals surface area contributed by atoms with Gasteiger partial charge >= 0.3 is 21.1 Å². The van der Waals surface area contributed by atoms with E-state index in [2.05, 4.69) is 103 Å². The van der Waals surface area contributed by atoms with Crippen molar-refractivity contribution in [1.82, 2.24) is 0 Å². The van der Waals surface area contributed by atoms with Crippen LogP contribution in [-0.4, -0.2) is 54.7 Å². The van der Waals surface area contributed by atoms with Crippen molar-refractivity contribution in [2.75, 3.05) is 10.6 Å². The molecule has 0 saturated carbocycles. The van der Waals surface area contributed by atoms with Crippen molar-refractivity contribution >= 4 is 88.5 Å². The fourth-order valence-electron chi connectivity index (χ4n) is 7.57. The third-order valence-electron chi connectivity index (χ3n) is 13.5. The third-order valence-corrected chi connectivity index (χ3v) is 14.5. The van der Waals surface area contributed by atoms with Gasteiger partial charge in [-0.3, -0.25) is 0 Å². The van der Waals surface area contributed by atoms with Gasteiger partial charge in [0.25, 0.3) is 0 Å². The van der Waals surface area contributed by atoms with Crippen LogP contribution in [0, 0.1) is 0 Å². The molecule has 3 fully saturated rings. The molecule has 5 heterocycles. The molecule has 5 aliphatic heterocycles. The minimum atomic E-state index is -0.476. The average molecular weight is 934 g/mol. The Labute approximate surface area is 384 Å². The molecule has 0 spiro atoms. The first kappa shape index (κ1) is 48.0. The lowest BCUT2D eigenvalue weighted by Crippen LogP contribution is -2.41. The molecule has 0 radical (unpaired) electrons. The van der Waals surface area contributed by atoms with E-state index in [-0.39, 0.29) is 48.2 Å². The van der Waals surface area contributed by atoms with E-state index >= 15 is 0 Å². The maximum absolute atomic E-state index is 6.19. The van der Waals surface area contributed by atoms with Gasteiger partial charge in [-0.1, -0.05) is 58.7 Å². The Bertz CT molecular complexity index is 2120. The predicted octanol–water partition coefficient (Wildman–Crippen LogP) is 12.3. The van der Waals surface area contributed by atoms with E-state index in [4.69, 9.17) is 51.1 Å². The number of hydrogen-bond donors (Lipinski definition) is 2. The molecule has 326 valence electrons. The molecule has 14 heteroatoms. The SMILES string of the molecule is C.CC1(C)OB(B2OC(C)(C)C(C)(C)O2)OC1(C)C.CC1(C)OB(c2ccc3c(c2)CCc2cc(Cl)ccc2N3)OC1(C)C.Clc1ccc2c(c1)CCc1cc(Br)ccc1N2. The smallest absolute Gasteiger partial charge is 0.405 e. The van der Waals surface area contributed by atoms with Crippen LogP contribution in [0.2, 0.25) is 10.0 Å². The fourth-order valence-corrected chi connectivity index (χ4v) is 8.37. The largest absolute Gasteiger partial charge is 0.494 e. The molecule has 0 atom stereocenters. The van der Waals surface area contributed by atoms with Gasteiger partial charge in [0.2, 0.25) is 0 Å². The molecule has 3 saturated heterocycles. The van der Waals surface area contributed by atoms with Crippen molar-refractivity contribution in [3.05, 3.63) is 110 Å². The minimum Gasteiger partial charge on any atom is -0.405 e. The summed E-state index contributed by atoms with van der Waals surface area (Å²) in [5.74, 6) is 0. The summed E-state index contributed by atoms with van der Waals surface area (Å²) in [6.45, 7) is 24.5. The molecule has 4 aromatic carbocycles. The van der Waals surface area contributed by atoms with E-state index in [1.165, 1.54) is 27.9 Å². The zero-order chi connectivity index (χ0) is 43.6. The molecule has 9 rings (SSSR count). The van der Waals surface area contributed by atoms with Gasteiger partial charge in [-0.2, -0.15) is 0 Å². The summed E-state index contributed by atoms with van der Waals surface area (Å²) in [5, 5.41) is 8.60. The lowest BCUT2D eigenvalue weighted by atomic mass is 9.49. The Morgan fingerprint density at radius 1 is 0.443 bits per heavy atom. The molecular weight excluding hydrogens is 872 g/mol. The van der Waals surface area contributed by atoms with E-state index in [0.29, 0.717) is 0 Å². The lowest BCUT2D eigenvalue weighted by Gasteiger charge is -2.32. The van der Waals surface area contributed by atoms with Gasteiger partial charge in [-0.15, -0.1) is 0 Å². The molecule has 4 aromatic rings. The van der Waals surface area contributed by atoms with E-state index in [0.717, 1.165) is 62.7 Å². The quantitative estimate of drug-likeness (QED) is 0.193. The Kier molecular flexibility index (Phi) is 13.7. The zero-order valence-electron chi connectivity index (χ0n) is 37.1. The van der Waals surface area contributed by atoms with Gasteiger partial charge in [0.1, 0.15) is 0 Å². The fraction of sp³-hybridized carbons (Fsp3) is 0.489. The molecule has 8 nitrogen and oxygen atoms in total. The van der Waals surface area contributed by atoms with Crippen LogP contribution in [0.5, 0.6) is 0 Å². The molecular formula is C47H62B3BrCl2N2O6. The number of hydrogen-bond acceptors (Lipinski definition) is 8. The topological polar surface area (TPSA) is 79.4 Å². The first-order chi connectivity index (χ1) is 27.9. The van der Waals surface area contributed by atoms with Gasteiger partial charge in [-0.25, -0.2) is 0 Å². The predicted molar refractivity (Wildman–Crippen MR) is 259 cm³/mol.